The molecule has 10 aliphatic heterocycles. The summed E-state index contributed by atoms with van der Waals surface area (Å²) in [6.45, 7) is -9.45. The van der Waals surface area contributed by atoms with E-state index in [0.717, 1.165) is 27.7 Å². The average Bonchev–Trinajstić information content (AvgIpc) is 0.743. The van der Waals surface area contributed by atoms with Crippen LogP contribution < -0.4 is 26.6 Å². The number of aliphatic hydroxyl groups is 29. The first-order valence-electron chi connectivity index (χ1n) is 41.9. The molecule has 5 amide bonds. The van der Waals surface area contributed by atoms with Gasteiger partial charge in [-0.25, -0.2) is 4.79 Å². The Labute approximate surface area is 751 Å². The summed E-state index contributed by atoms with van der Waals surface area (Å²) >= 11 is 0. The van der Waals surface area contributed by atoms with Gasteiger partial charge in [0.15, 0.2) is 56.6 Å². The predicted molar refractivity (Wildman–Crippen MR) is 406 cm³/mol. The Kier molecular flexibility index (Phi) is 39.6. The number of amides is 5. The second kappa shape index (κ2) is 47.9. The first-order valence-corrected chi connectivity index (χ1v) is 41.9. The van der Waals surface area contributed by atoms with Gasteiger partial charge in [0.25, 0.3) is 5.79 Å². The molecule has 10 aliphatic rings. The number of rotatable bonds is 37. The summed E-state index contributed by atoms with van der Waals surface area (Å²) in [5.74, 6) is -10.8. The van der Waals surface area contributed by atoms with Crippen molar-refractivity contribution >= 4 is 35.5 Å². The maximum atomic E-state index is 13.4. The average molecular weight is 1950 g/mol. The molecule has 0 aromatic carbocycles. The number of carbonyl (C=O) groups is 6. The van der Waals surface area contributed by atoms with Gasteiger partial charge in [0.05, 0.1) is 78.2 Å². The molecular weight excluding hydrogens is 1830 g/mol. The first kappa shape index (κ1) is 110. The molecule has 60 nitrogen and oxygen atoms in total. The van der Waals surface area contributed by atoms with Crippen molar-refractivity contribution in [2.75, 3.05) is 72.7 Å². The van der Waals surface area contributed by atoms with Crippen LogP contribution in [-0.2, 0) is 119 Å². The lowest BCUT2D eigenvalue weighted by Crippen LogP contribution is -2.71. The van der Waals surface area contributed by atoms with Gasteiger partial charge in [-0.2, -0.15) is 0 Å². The molecular formula is C73H121N5O55. The molecule has 0 aliphatic carbocycles. The molecule has 0 aromatic rings. The second-order valence-corrected chi connectivity index (χ2v) is 33.2. The van der Waals surface area contributed by atoms with Crippen LogP contribution in [0, 0.1) is 0 Å². The Morgan fingerprint density at radius 2 is 0.632 bits per heavy atom. The molecule has 768 valence electrons. The van der Waals surface area contributed by atoms with Crippen molar-refractivity contribution in [1.82, 2.24) is 26.6 Å². The molecule has 51 atom stereocenters. The van der Waals surface area contributed by atoms with Gasteiger partial charge in [0.2, 0.25) is 29.5 Å². The molecule has 10 fully saturated rings. The van der Waals surface area contributed by atoms with E-state index in [4.69, 9.17) is 90.0 Å². The highest BCUT2D eigenvalue weighted by molar-refractivity contribution is 5.78. The monoisotopic (exact) mass is 1950 g/mol. The molecule has 0 spiro atoms. The number of carbonyl (C=O) groups excluding carboxylic acids is 5. The van der Waals surface area contributed by atoms with Gasteiger partial charge in [0.1, 0.15) is 244 Å². The van der Waals surface area contributed by atoms with Crippen LogP contribution in [0.1, 0.15) is 34.1 Å². The third-order valence-corrected chi connectivity index (χ3v) is 23.9. The Morgan fingerprint density at radius 3 is 1.02 bits per heavy atom. The maximum Gasteiger partial charge on any atom is 0.364 e. The van der Waals surface area contributed by atoms with Gasteiger partial charge in [-0.05, 0) is 0 Å². The van der Waals surface area contributed by atoms with Crippen LogP contribution in [0.3, 0.4) is 0 Å². The van der Waals surface area contributed by atoms with Gasteiger partial charge in [-0.3, -0.25) is 24.0 Å². The van der Waals surface area contributed by atoms with Crippen LogP contribution >= 0.6 is 0 Å². The lowest BCUT2D eigenvalue weighted by Gasteiger charge is -2.51. The van der Waals surface area contributed by atoms with Crippen molar-refractivity contribution in [2.24, 2.45) is 0 Å². The first-order chi connectivity index (χ1) is 62.8. The minimum atomic E-state index is -3.40. The molecule has 60 heteroatoms. The highest BCUT2D eigenvalue weighted by Crippen LogP contribution is 2.43. The van der Waals surface area contributed by atoms with E-state index in [0.29, 0.717) is 0 Å². The standard InChI is InChI=1S/C73H121N5O55/c1-17(89)74-34-45(103)54(125-68-51(109)60(42(100)26(10-83)118-68)131-67-49(107)48(106)39(97)23(7-80)117-67)28(12-85)121-64(34)115-16-31-44(102)61(52(110)70(124-31)126-55-29(13-86)122-65(35(46(55)104)75-18(2)90)129-59-41(99)25(9-82)119-69(50(59)108)128-57-37(77-20(4)92)63(112)116-24(8-81)40(57)98)130-66-36(76-19(3)91)47(105)56(30(14-87)123-66)127-71-53(111)62(43(101)27(11-84)120-71)133-73(72(113)114)5-21(93)33(78-32(95)15-88)58(132-73)38(96)22(94)6-79/h21-31,33-71,79-88,93-94,96-112H,5-16H2,1-4H3,(H,74,89)(H,75,90)(H,76,91)(H,77,92)(H,78,95)(H,113,114)/t21-,22+,23+,24+,25+,26+,27+,28+,29+,30+,31+,33+,34+,35+,36+,37+,38+,39-,40-,41-,42-,43-,44-,45+,46+,47+,48-,49+,50+,51+,52+,53+,54+,55+,56+,57+,58+,59-,60-,61-,62-,63?,64+,65-,66-,67?,68?,69-,70-,71?,73-/m0/s1. The van der Waals surface area contributed by atoms with Crippen molar-refractivity contribution in [3.63, 3.8) is 0 Å². The Hall–Kier alpha value is -5.10. The van der Waals surface area contributed by atoms with Crippen molar-refractivity contribution in [3.05, 3.63) is 0 Å². The maximum absolute atomic E-state index is 13.4. The zero-order valence-corrected chi connectivity index (χ0v) is 71.0. The lowest BCUT2D eigenvalue weighted by atomic mass is 9.88. The van der Waals surface area contributed by atoms with Gasteiger partial charge < -0.3 is 270 Å². The molecule has 10 rings (SSSR count). The Bertz CT molecular complexity index is 3700. The highest BCUT2D eigenvalue weighted by Gasteiger charge is 2.64. The quantitative estimate of drug-likeness (QED) is 0.0275. The zero-order chi connectivity index (χ0) is 98.3. The summed E-state index contributed by atoms with van der Waals surface area (Å²) in [6.07, 6.45) is -99.8. The summed E-state index contributed by atoms with van der Waals surface area (Å²) < 4.78 is 112. The van der Waals surface area contributed by atoms with E-state index < -0.39 is 427 Å². The topological polar surface area (TPSA) is 945 Å². The highest BCUT2D eigenvalue weighted by atomic mass is 16.8. The van der Waals surface area contributed by atoms with E-state index >= 15 is 0 Å². The van der Waals surface area contributed by atoms with E-state index in [9.17, 15) is 182 Å². The number of hydrogen-bond donors (Lipinski definition) is 35. The van der Waals surface area contributed by atoms with Gasteiger partial charge in [0, 0.05) is 34.1 Å². The molecule has 10 saturated heterocycles. The molecule has 133 heavy (non-hydrogen) atoms. The van der Waals surface area contributed by atoms with Crippen molar-refractivity contribution in [1.29, 1.82) is 0 Å². The van der Waals surface area contributed by atoms with Crippen LogP contribution in [0.4, 0.5) is 0 Å². The van der Waals surface area contributed by atoms with Gasteiger partial charge >= 0.3 is 5.97 Å². The molecule has 0 radical (unpaired) electrons. The van der Waals surface area contributed by atoms with Crippen molar-refractivity contribution in [3.8, 4) is 0 Å². The number of nitrogens with one attached hydrogen (secondary N) is 5. The number of aliphatic carboxylic acids is 1. The number of aliphatic hydroxyl groups excluding tert-OH is 29. The zero-order valence-electron chi connectivity index (χ0n) is 71.0. The molecule has 0 aromatic heterocycles. The van der Waals surface area contributed by atoms with Gasteiger partial charge in [-0.1, -0.05) is 0 Å². The third-order valence-electron chi connectivity index (χ3n) is 23.9. The van der Waals surface area contributed by atoms with E-state index in [1.165, 1.54) is 0 Å². The predicted octanol–water partition coefficient (Wildman–Crippen LogP) is -23.9. The number of ether oxygens (including phenoxy) is 19. The summed E-state index contributed by atoms with van der Waals surface area (Å²) in [6, 6.07) is -9.87. The van der Waals surface area contributed by atoms with Crippen LogP contribution in [0.2, 0.25) is 0 Å². The largest absolute Gasteiger partial charge is 0.477 e. The fourth-order valence-electron chi connectivity index (χ4n) is 17.1. The fourth-order valence-corrected chi connectivity index (χ4v) is 17.1. The Morgan fingerprint density at radius 1 is 0.323 bits per heavy atom. The van der Waals surface area contributed by atoms with Crippen molar-refractivity contribution in [2.45, 2.75) is 346 Å². The fraction of sp³-hybridized carbons (Fsp3) is 0.918. The second-order valence-electron chi connectivity index (χ2n) is 33.2. The summed E-state index contributed by atoms with van der Waals surface area (Å²) in [7, 11) is 0. The molecule has 10 heterocycles. The van der Waals surface area contributed by atoms with Crippen molar-refractivity contribution < 1.29 is 272 Å². The molecule has 35 N–H and O–H groups in total. The van der Waals surface area contributed by atoms with E-state index in [1.807, 2.05) is 0 Å². The van der Waals surface area contributed by atoms with Gasteiger partial charge in [-0.15, -0.1) is 0 Å². The molecule has 0 saturated carbocycles. The van der Waals surface area contributed by atoms with Crippen LogP contribution in [-0.4, -0.2) is 574 Å². The van der Waals surface area contributed by atoms with E-state index in [1.54, 1.807) is 0 Å². The molecule has 0 bridgehead atoms. The van der Waals surface area contributed by atoms with E-state index in [-0.39, 0.29) is 0 Å². The minimum absolute atomic E-state index is 0.830. The normalized spacial score (nSPS) is 47.0. The smallest absolute Gasteiger partial charge is 0.364 e. The van der Waals surface area contributed by atoms with Crippen LogP contribution in [0.5, 0.6) is 0 Å². The SMILES string of the molecule is CC(=O)N[C@H]1[C@H](OC[C@H]2O[C@@H](O[C@H]3[C@H](O)[C@@H](NC(C)=O)[C@H](O[C@H]4[C@@H](O)[C@@H](CO)O[C@@H](O[C@H]5[C@@H](O)[C@@H](CO)OC(O)[C@@H]5NC(C)=O)[C@@H]4O)O[C@@H]3CO)[C@H](O)[C@@H](O[C@@H]3O[C@H](CO)[C@@H](OC4O[C@H](CO)[C@H](O)[C@H](O[C@]5(C(=O)O)C[C@H](O)[C@@H](NC(=O)CO)[C@H]([C@H](O)[C@H](O)CO)O5)[C@H]4O)[C@H](O)[C@H]3NC(C)=O)[C@H]2O)O[C@H](CO)[C@@H](OC2O[C@H](CO)[C@H](O)[C@H](OC3O[C@H](CO)[C@H](O)[C@H](O)[C@H]3O)[C@H]2O)[C@@H]1O. The summed E-state index contributed by atoms with van der Waals surface area (Å²) in [5.41, 5.74) is 0. The number of hydrogen-bond acceptors (Lipinski definition) is 54. The third kappa shape index (κ3) is 24.4. The van der Waals surface area contributed by atoms with Crippen LogP contribution in [0.15, 0.2) is 0 Å². The van der Waals surface area contributed by atoms with Crippen LogP contribution in [0.25, 0.3) is 0 Å². The molecule has 4 unspecified atom stereocenters. The minimum Gasteiger partial charge on any atom is -0.477 e. The van der Waals surface area contributed by atoms with E-state index in [2.05, 4.69) is 26.6 Å². The summed E-state index contributed by atoms with van der Waals surface area (Å²) in [4.78, 5) is 77.8. The number of carboxylic acid groups (broad SMARTS) is 1. The number of carboxylic acids is 1. The lowest BCUT2D eigenvalue weighted by molar-refractivity contribution is -0.393. The summed E-state index contributed by atoms with van der Waals surface area (Å²) in [5, 5.41) is 345. The Balaban J connectivity index is 0.957.